The highest BCUT2D eigenvalue weighted by Gasteiger charge is 2.13. The Hall–Kier alpha value is -1.88. The molecule has 1 amide bonds. The molecule has 1 aromatic carbocycles. The first-order chi connectivity index (χ1) is 9.20. The number of carbonyl (C=O) groups excluding carboxylic acids is 1. The van der Waals surface area contributed by atoms with Gasteiger partial charge in [-0.3, -0.25) is 4.79 Å². The number of aromatic nitrogens is 1. The lowest BCUT2D eigenvalue weighted by molar-refractivity contribution is 0.0966. The van der Waals surface area contributed by atoms with E-state index >= 15 is 0 Å². The Morgan fingerprint density at radius 1 is 1.32 bits per heavy atom. The Bertz CT molecular complexity index is 551. The number of hydrogen-bond donors (Lipinski definition) is 2. The molecule has 0 spiro atoms. The molecule has 2 rings (SSSR count). The fourth-order valence-corrected chi connectivity index (χ4v) is 2.69. The highest BCUT2D eigenvalue weighted by Crippen LogP contribution is 2.22. The predicted molar refractivity (Wildman–Crippen MR) is 78.9 cm³/mol. The van der Waals surface area contributed by atoms with Crippen LogP contribution in [0.5, 0.6) is 0 Å². The molecule has 0 atom stereocenters. The van der Waals surface area contributed by atoms with Gasteiger partial charge in [-0.2, -0.15) is 0 Å². The molecule has 0 saturated carbocycles. The Kier molecular flexibility index (Phi) is 4.52. The maximum atomic E-state index is 11.6. The zero-order valence-corrected chi connectivity index (χ0v) is 11.9. The predicted octanol–water partition coefficient (Wildman–Crippen LogP) is 2.47. The summed E-state index contributed by atoms with van der Waals surface area (Å²) < 4.78 is 0. The second-order valence-corrected chi connectivity index (χ2v) is 5.17. The number of hydrogen-bond acceptors (Lipinski definition) is 4. The number of anilines is 1. The highest BCUT2D eigenvalue weighted by molar-refractivity contribution is 7.17. The normalized spacial score (nSPS) is 10.2. The van der Waals surface area contributed by atoms with Crippen LogP contribution in [-0.2, 0) is 6.42 Å². The lowest BCUT2D eigenvalue weighted by Crippen LogP contribution is -2.17. The molecule has 0 aliphatic carbocycles. The zero-order chi connectivity index (χ0) is 13.7. The molecule has 1 aromatic heterocycles. The van der Waals surface area contributed by atoms with Crippen molar-refractivity contribution in [3.05, 3.63) is 46.5 Å². The third kappa shape index (κ3) is 3.54. The van der Waals surface area contributed by atoms with Gasteiger partial charge in [0.2, 0.25) is 0 Å². The molecule has 0 radical (unpaired) electrons. The van der Waals surface area contributed by atoms with Gasteiger partial charge < -0.3 is 10.6 Å². The fourth-order valence-electron chi connectivity index (χ4n) is 1.75. The topological polar surface area (TPSA) is 54.0 Å². The first-order valence-corrected chi connectivity index (χ1v) is 6.99. The lowest BCUT2D eigenvalue weighted by atomic mass is 10.2. The van der Waals surface area contributed by atoms with Crippen LogP contribution in [0.1, 0.15) is 20.9 Å². The summed E-state index contributed by atoms with van der Waals surface area (Å²) in [5, 5.41) is 6.68. The van der Waals surface area contributed by atoms with E-state index in [1.807, 2.05) is 25.1 Å². The standard InChI is InChI=1S/C14H17N3OS/c1-10-12(13(18)15-2)19-14(17-10)16-9-8-11-6-4-3-5-7-11/h3-7H,8-9H2,1-2H3,(H,15,18)(H,16,17). The van der Waals surface area contributed by atoms with E-state index in [0.29, 0.717) is 4.88 Å². The largest absolute Gasteiger partial charge is 0.361 e. The van der Waals surface area contributed by atoms with Gasteiger partial charge in [0.25, 0.3) is 5.91 Å². The summed E-state index contributed by atoms with van der Waals surface area (Å²) in [5.74, 6) is -0.0777. The monoisotopic (exact) mass is 275 g/mol. The van der Waals surface area contributed by atoms with Crippen LogP contribution in [-0.4, -0.2) is 24.5 Å². The summed E-state index contributed by atoms with van der Waals surface area (Å²) in [6.07, 6.45) is 0.939. The molecular formula is C14H17N3OS. The van der Waals surface area contributed by atoms with Crippen molar-refractivity contribution in [1.29, 1.82) is 0 Å². The van der Waals surface area contributed by atoms with E-state index in [0.717, 1.165) is 23.8 Å². The van der Waals surface area contributed by atoms with Crippen LogP contribution in [0.4, 0.5) is 5.13 Å². The first-order valence-electron chi connectivity index (χ1n) is 6.18. The Morgan fingerprint density at radius 3 is 2.74 bits per heavy atom. The molecule has 0 fully saturated rings. The number of amides is 1. The van der Waals surface area contributed by atoms with Gasteiger partial charge in [0.15, 0.2) is 5.13 Å². The molecule has 2 aromatic rings. The van der Waals surface area contributed by atoms with Crippen molar-refractivity contribution in [2.24, 2.45) is 0 Å². The maximum absolute atomic E-state index is 11.6. The van der Waals surface area contributed by atoms with Crippen molar-refractivity contribution in [3.8, 4) is 0 Å². The van der Waals surface area contributed by atoms with E-state index in [-0.39, 0.29) is 5.91 Å². The molecule has 0 aliphatic rings. The van der Waals surface area contributed by atoms with Crippen molar-refractivity contribution in [2.75, 3.05) is 18.9 Å². The van der Waals surface area contributed by atoms with Crippen molar-refractivity contribution in [2.45, 2.75) is 13.3 Å². The Labute approximate surface area is 116 Å². The minimum Gasteiger partial charge on any atom is -0.361 e. The average Bonchev–Trinajstić information content (AvgIpc) is 2.80. The molecule has 0 unspecified atom stereocenters. The van der Waals surface area contributed by atoms with Gasteiger partial charge in [0.1, 0.15) is 4.88 Å². The van der Waals surface area contributed by atoms with Crippen LogP contribution in [0.3, 0.4) is 0 Å². The first kappa shape index (κ1) is 13.5. The van der Waals surface area contributed by atoms with Gasteiger partial charge in [-0.15, -0.1) is 0 Å². The van der Waals surface area contributed by atoms with Crippen molar-refractivity contribution in [1.82, 2.24) is 10.3 Å². The summed E-state index contributed by atoms with van der Waals surface area (Å²) in [4.78, 5) is 16.6. The zero-order valence-electron chi connectivity index (χ0n) is 11.1. The van der Waals surface area contributed by atoms with Crippen LogP contribution in [0, 0.1) is 6.92 Å². The Balaban J connectivity index is 1.92. The number of thiazole rings is 1. The quantitative estimate of drug-likeness (QED) is 0.881. The number of rotatable bonds is 5. The number of nitrogens with one attached hydrogen (secondary N) is 2. The summed E-state index contributed by atoms with van der Waals surface area (Å²) in [6.45, 7) is 2.66. The third-order valence-electron chi connectivity index (χ3n) is 2.76. The van der Waals surface area contributed by atoms with Crippen molar-refractivity contribution < 1.29 is 4.79 Å². The minimum atomic E-state index is -0.0777. The van der Waals surface area contributed by atoms with Gasteiger partial charge in [0, 0.05) is 13.6 Å². The fraction of sp³-hybridized carbons (Fsp3) is 0.286. The van der Waals surface area contributed by atoms with Gasteiger partial charge >= 0.3 is 0 Å². The van der Waals surface area contributed by atoms with E-state index in [9.17, 15) is 4.79 Å². The van der Waals surface area contributed by atoms with Crippen molar-refractivity contribution >= 4 is 22.4 Å². The molecular weight excluding hydrogens is 258 g/mol. The summed E-state index contributed by atoms with van der Waals surface area (Å²) in [7, 11) is 1.63. The van der Waals surface area contributed by atoms with E-state index in [1.54, 1.807) is 7.05 Å². The van der Waals surface area contributed by atoms with Crippen LogP contribution in [0.25, 0.3) is 0 Å². The van der Waals surface area contributed by atoms with E-state index < -0.39 is 0 Å². The molecule has 0 aliphatic heterocycles. The van der Waals surface area contributed by atoms with Crippen LogP contribution >= 0.6 is 11.3 Å². The lowest BCUT2D eigenvalue weighted by Gasteiger charge is -2.02. The highest BCUT2D eigenvalue weighted by atomic mass is 32.1. The summed E-state index contributed by atoms with van der Waals surface area (Å²) in [5.41, 5.74) is 2.06. The van der Waals surface area contributed by atoms with Gasteiger partial charge in [-0.25, -0.2) is 4.98 Å². The average molecular weight is 275 g/mol. The van der Waals surface area contributed by atoms with E-state index in [2.05, 4.69) is 27.8 Å². The maximum Gasteiger partial charge on any atom is 0.263 e. The van der Waals surface area contributed by atoms with Gasteiger partial charge in [-0.1, -0.05) is 41.7 Å². The molecule has 1 heterocycles. The van der Waals surface area contributed by atoms with Gasteiger partial charge in [0.05, 0.1) is 5.69 Å². The van der Waals surface area contributed by atoms with Crippen LogP contribution < -0.4 is 10.6 Å². The summed E-state index contributed by atoms with van der Waals surface area (Å²) in [6, 6.07) is 10.3. The summed E-state index contributed by atoms with van der Waals surface area (Å²) >= 11 is 1.39. The van der Waals surface area contributed by atoms with Gasteiger partial charge in [-0.05, 0) is 18.9 Å². The number of carbonyl (C=O) groups is 1. The molecule has 0 saturated heterocycles. The second-order valence-electron chi connectivity index (χ2n) is 4.18. The minimum absolute atomic E-state index is 0.0777. The molecule has 5 heteroatoms. The molecule has 4 nitrogen and oxygen atoms in total. The second kappa shape index (κ2) is 6.33. The van der Waals surface area contributed by atoms with Crippen LogP contribution in [0.2, 0.25) is 0 Å². The smallest absolute Gasteiger partial charge is 0.263 e. The molecule has 19 heavy (non-hydrogen) atoms. The Morgan fingerprint density at radius 2 is 2.05 bits per heavy atom. The third-order valence-corrected chi connectivity index (χ3v) is 3.88. The SMILES string of the molecule is CNC(=O)c1sc(NCCc2ccccc2)nc1C. The van der Waals surface area contributed by atoms with Crippen molar-refractivity contribution in [3.63, 3.8) is 0 Å². The molecule has 0 bridgehead atoms. The van der Waals surface area contributed by atoms with E-state index in [1.165, 1.54) is 16.9 Å². The van der Waals surface area contributed by atoms with Crippen LogP contribution in [0.15, 0.2) is 30.3 Å². The molecule has 2 N–H and O–H groups in total. The molecule has 100 valence electrons. The number of benzene rings is 1. The number of nitrogens with zero attached hydrogens (tertiary/aromatic N) is 1. The van der Waals surface area contributed by atoms with E-state index in [4.69, 9.17) is 0 Å². The number of aryl methyl sites for hydroxylation is 1.